The Hall–Kier alpha value is -1.86. The highest BCUT2D eigenvalue weighted by Gasteiger charge is 2.25. The molecule has 0 aliphatic heterocycles. The lowest BCUT2D eigenvalue weighted by Gasteiger charge is -2.04. The minimum absolute atomic E-state index is 0.211. The first-order valence-electron chi connectivity index (χ1n) is 4.69. The molecule has 6 nitrogen and oxygen atoms in total. The van der Waals surface area contributed by atoms with Gasteiger partial charge in [0.1, 0.15) is 4.90 Å². The molecule has 0 aliphatic rings. The fourth-order valence-electron chi connectivity index (χ4n) is 1.68. The van der Waals surface area contributed by atoms with Crippen molar-refractivity contribution in [1.82, 2.24) is 0 Å². The highest BCUT2D eigenvalue weighted by atomic mass is 35.7. The molecule has 2 rings (SSSR count). The van der Waals surface area contributed by atoms with Crippen LogP contribution in [0.2, 0.25) is 0 Å². The van der Waals surface area contributed by atoms with Crippen molar-refractivity contribution < 1.29 is 9.85 Å². The molecule has 0 bridgehead atoms. The lowest BCUT2D eigenvalue weighted by molar-refractivity contribution is -0.394. The zero-order valence-electron chi connectivity index (χ0n) is 8.70. The van der Waals surface area contributed by atoms with Gasteiger partial charge in [0, 0.05) is 5.39 Å². The van der Waals surface area contributed by atoms with Crippen molar-refractivity contribution >= 4 is 43.8 Å². The first-order valence-corrected chi connectivity index (χ1v) is 6.33. The molecule has 0 aliphatic carbocycles. The van der Waals surface area contributed by atoms with Crippen LogP contribution in [0, 0.1) is 20.2 Å². The van der Waals surface area contributed by atoms with Gasteiger partial charge in [0.15, 0.2) is 0 Å². The molecule has 0 radical (unpaired) electrons. The maximum absolute atomic E-state index is 10.9. The van der Waals surface area contributed by atoms with E-state index in [1.165, 1.54) is 6.07 Å². The van der Waals surface area contributed by atoms with Gasteiger partial charge < -0.3 is 0 Å². The monoisotopic (exact) mass is 284 g/mol. The van der Waals surface area contributed by atoms with Gasteiger partial charge >= 0.3 is 0 Å². The smallest absolute Gasteiger partial charge is 0.258 e. The Labute approximate surface area is 109 Å². The molecule has 2 aromatic rings. The predicted octanol–water partition coefficient (Wildman–Crippen LogP) is 3.90. The minimum atomic E-state index is -0.676. The quantitative estimate of drug-likeness (QED) is 0.630. The van der Waals surface area contributed by atoms with Crippen LogP contribution in [0.4, 0.5) is 11.4 Å². The fraction of sp³-hybridized carbons (Fsp3) is 0. The molecule has 0 N–H and O–H groups in total. The van der Waals surface area contributed by atoms with Crippen LogP contribution in [-0.2, 0) is 0 Å². The molecular weight excluding hydrogens is 280 g/mol. The number of benzene rings is 2. The summed E-state index contributed by atoms with van der Waals surface area (Å²) in [5.41, 5.74) is -0.660. The largest absolute Gasteiger partial charge is 0.291 e. The molecule has 0 atom stereocenters. The van der Waals surface area contributed by atoms with E-state index in [4.69, 9.17) is 10.7 Å². The normalized spacial score (nSPS) is 10.5. The van der Waals surface area contributed by atoms with Crippen molar-refractivity contribution in [1.29, 1.82) is 0 Å². The van der Waals surface area contributed by atoms with Crippen LogP contribution in [0.3, 0.4) is 0 Å². The molecule has 8 heteroatoms. The van der Waals surface area contributed by atoms with E-state index in [-0.39, 0.29) is 16.3 Å². The Morgan fingerprint density at radius 1 is 1.00 bits per heavy atom. The number of hydrogen-bond donors (Lipinski definition) is 0. The van der Waals surface area contributed by atoms with E-state index in [0.29, 0.717) is 21.7 Å². The predicted molar refractivity (Wildman–Crippen MR) is 69.0 cm³/mol. The molecule has 2 aromatic carbocycles. The van der Waals surface area contributed by atoms with Crippen LogP contribution in [0.5, 0.6) is 0 Å². The summed E-state index contributed by atoms with van der Waals surface area (Å²) in [7, 11) is 6.31. The van der Waals surface area contributed by atoms with E-state index in [1.54, 1.807) is 18.2 Å². The summed E-state index contributed by atoms with van der Waals surface area (Å²) in [5.74, 6) is 0. The number of nitro groups is 2. The second-order valence-corrected chi connectivity index (χ2v) is 4.41. The number of nitrogens with zero attached hydrogens (tertiary/aromatic N) is 2. The second-order valence-electron chi connectivity index (χ2n) is 3.38. The molecule has 0 saturated carbocycles. The first-order chi connectivity index (χ1) is 8.56. The number of nitro benzene ring substituents is 2. The van der Waals surface area contributed by atoms with Crippen molar-refractivity contribution in [3.8, 4) is 0 Å². The number of fused-ring (bicyclic) bond motifs is 1. The van der Waals surface area contributed by atoms with Crippen molar-refractivity contribution in [2.24, 2.45) is 0 Å². The van der Waals surface area contributed by atoms with E-state index >= 15 is 0 Å². The lowest BCUT2D eigenvalue weighted by Crippen LogP contribution is -1.96. The summed E-state index contributed by atoms with van der Waals surface area (Å²) in [5, 5.41) is 22.6. The van der Waals surface area contributed by atoms with Gasteiger partial charge in [-0.3, -0.25) is 20.2 Å². The maximum Gasteiger partial charge on any atom is 0.291 e. The molecule has 0 spiro atoms. The number of rotatable bonds is 3. The van der Waals surface area contributed by atoms with Gasteiger partial charge in [-0.1, -0.05) is 18.2 Å². The zero-order chi connectivity index (χ0) is 13.3. The van der Waals surface area contributed by atoms with Crippen molar-refractivity contribution in [2.75, 3.05) is 0 Å². The summed E-state index contributed by atoms with van der Waals surface area (Å²) in [4.78, 5) is 20.7. The van der Waals surface area contributed by atoms with Gasteiger partial charge in [-0.25, -0.2) is 0 Å². The van der Waals surface area contributed by atoms with Crippen LogP contribution < -0.4 is 0 Å². The van der Waals surface area contributed by atoms with Crippen LogP contribution in [0.25, 0.3) is 10.8 Å². The summed E-state index contributed by atoms with van der Waals surface area (Å²) in [6.07, 6.45) is 0. The molecule has 0 amide bonds. The third kappa shape index (κ3) is 1.98. The average Bonchev–Trinajstić information content (AvgIpc) is 2.36. The average molecular weight is 285 g/mol. The topological polar surface area (TPSA) is 86.3 Å². The van der Waals surface area contributed by atoms with E-state index < -0.39 is 9.85 Å². The molecular formula is C10H5ClN2O4S. The molecule has 0 heterocycles. The van der Waals surface area contributed by atoms with Crippen molar-refractivity contribution in [3.63, 3.8) is 0 Å². The van der Waals surface area contributed by atoms with Gasteiger partial charge in [-0.05, 0) is 27.7 Å². The summed E-state index contributed by atoms with van der Waals surface area (Å²) < 4.78 is 0. The van der Waals surface area contributed by atoms with Gasteiger partial charge in [0.25, 0.3) is 11.4 Å². The Morgan fingerprint density at radius 3 is 2.06 bits per heavy atom. The second kappa shape index (κ2) is 4.79. The number of hydrogen-bond acceptors (Lipinski definition) is 5. The number of non-ortho nitro benzene ring substituents is 1. The molecule has 0 unspecified atom stereocenters. The van der Waals surface area contributed by atoms with Crippen molar-refractivity contribution in [3.05, 3.63) is 50.6 Å². The molecule has 0 fully saturated rings. The number of halogens is 1. The highest BCUT2D eigenvalue weighted by Crippen LogP contribution is 2.42. The zero-order valence-corrected chi connectivity index (χ0v) is 10.3. The van der Waals surface area contributed by atoms with Gasteiger partial charge in [-0.15, -0.1) is 0 Å². The molecule has 18 heavy (non-hydrogen) atoms. The third-order valence-corrected chi connectivity index (χ3v) is 3.47. The van der Waals surface area contributed by atoms with Crippen LogP contribution in [0.15, 0.2) is 35.2 Å². The Balaban J connectivity index is 2.95. The minimum Gasteiger partial charge on any atom is -0.258 e. The maximum atomic E-state index is 10.9. The Morgan fingerprint density at radius 2 is 1.56 bits per heavy atom. The molecule has 0 saturated heterocycles. The van der Waals surface area contributed by atoms with E-state index in [1.807, 2.05) is 0 Å². The first kappa shape index (κ1) is 12.6. The van der Waals surface area contributed by atoms with Crippen LogP contribution in [0.1, 0.15) is 0 Å². The summed E-state index contributed by atoms with van der Waals surface area (Å²) in [6, 6.07) is 7.32. The van der Waals surface area contributed by atoms with E-state index in [9.17, 15) is 20.2 Å². The van der Waals surface area contributed by atoms with E-state index in [0.717, 1.165) is 6.07 Å². The van der Waals surface area contributed by atoms with Crippen LogP contribution >= 0.6 is 21.7 Å². The van der Waals surface area contributed by atoms with Gasteiger partial charge in [-0.2, -0.15) is 0 Å². The molecule has 0 aromatic heterocycles. The van der Waals surface area contributed by atoms with Gasteiger partial charge in [0.05, 0.1) is 21.3 Å². The van der Waals surface area contributed by atoms with E-state index in [2.05, 4.69) is 0 Å². The summed E-state index contributed by atoms with van der Waals surface area (Å²) in [6.45, 7) is 0. The summed E-state index contributed by atoms with van der Waals surface area (Å²) >= 11 is 0. The third-order valence-electron chi connectivity index (χ3n) is 2.42. The van der Waals surface area contributed by atoms with Crippen LogP contribution in [-0.4, -0.2) is 9.85 Å². The fourth-order valence-corrected chi connectivity index (χ4v) is 2.64. The lowest BCUT2D eigenvalue weighted by atomic mass is 10.1. The Bertz CT molecular complexity index is 662. The highest BCUT2D eigenvalue weighted by molar-refractivity contribution is 8.21. The molecule has 92 valence electrons. The van der Waals surface area contributed by atoms with Gasteiger partial charge in [0.2, 0.25) is 0 Å². The Kier molecular flexibility index (Phi) is 3.35. The SMILES string of the molecule is O=[N+]([O-])c1cc([N+](=O)[O-])c2ccccc2c1SCl. The standard InChI is InChI=1S/C10H5ClN2O4S/c11-18-10-7-4-2-1-3-6(7)8(12(14)15)5-9(10)13(16)17/h1-5H. The van der Waals surface area contributed by atoms with Crippen molar-refractivity contribution in [2.45, 2.75) is 4.90 Å².